The topological polar surface area (TPSA) is 17.0 Å². The Labute approximate surface area is 120 Å². The van der Waals surface area contributed by atoms with Gasteiger partial charge in [0.25, 0.3) is 0 Å². The van der Waals surface area contributed by atoms with Crippen molar-refractivity contribution in [3.05, 3.63) is 32.9 Å². The number of benzene rings is 1. The number of rotatable bonds is 1. The van der Waals surface area contributed by atoms with Crippen molar-refractivity contribution in [2.45, 2.75) is 25.8 Å². The van der Waals surface area contributed by atoms with E-state index in [0.717, 1.165) is 17.1 Å². The fourth-order valence-corrected chi connectivity index (χ4v) is 4.01. The van der Waals surface area contributed by atoms with E-state index in [0.29, 0.717) is 6.04 Å². The zero-order chi connectivity index (χ0) is 12.9. The van der Waals surface area contributed by atoms with E-state index in [1.165, 1.54) is 33.9 Å². The molecular formula is C14H16BrClN2. The monoisotopic (exact) mass is 326 g/mol. The van der Waals surface area contributed by atoms with Crippen LogP contribution in [-0.2, 0) is 7.05 Å². The van der Waals surface area contributed by atoms with Crippen LogP contribution < -0.4 is 5.32 Å². The van der Waals surface area contributed by atoms with Crippen LogP contribution in [-0.4, -0.2) is 11.1 Å². The predicted octanol–water partition coefficient (Wildman–Crippen LogP) is 4.33. The second-order valence-corrected chi connectivity index (χ2v) is 6.18. The average Bonchev–Trinajstić information content (AvgIpc) is 2.92. The molecule has 1 aliphatic heterocycles. The van der Waals surface area contributed by atoms with Gasteiger partial charge in [-0.3, -0.25) is 0 Å². The van der Waals surface area contributed by atoms with Gasteiger partial charge < -0.3 is 9.88 Å². The van der Waals surface area contributed by atoms with Gasteiger partial charge in [-0.15, -0.1) is 0 Å². The van der Waals surface area contributed by atoms with E-state index in [9.17, 15) is 0 Å². The van der Waals surface area contributed by atoms with Crippen molar-refractivity contribution in [1.29, 1.82) is 0 Å². The first-order valence-electron chi connectivity index (χ1n) is 6.27. The van der Waals surface area contributed by atoms with Crippen molar-refractivity contribution in [2.24, 2.45) is 7.05 Å². The van der Waals surface area contributed by atoms with E-state index in [2.05, 4.69) is 45.9 Å². The predicted molar refractivity (Wildman–Crippen MR) is 80.3 cm³/mol. The highest BCUT2D eigenvalue weighted by atomic mass is 79.9. The lowest BCUT2D eigenvalue weighted by Gasteiger charge is -2.13. The van der Waals surface area contributed by atoms with Crippen LogP contribution in [0.25, 0.3) is 10.9 Å². The first-order chi connectivity index (χ1) is 8.61. The van der Waals surface area contributed by atoms with Crippen LogP contribution in [0.3, 0.4) is 0 Å². The number of aromatic nitrogens is 1. The van der Waals surface area contributed by atoms with Crippen LogP contribution in [0.5, 0.6) is 0 Å². The molecule has 96 valence electrons. The van der Waals surface area contributed by atoms with Crippen molar-refractivity contribution >= 4 is 38.4 Å². The molecule has 2 aromatic rings. The number of halogens is 2. The Morgan fingerprint density at radius 3 is 2.89 bits per heavy atom. The molecule has 1 unspecified atom stereocenters. The second kappa shape index (κ2) is 4.55. The molecule has 1 saturated heterocycles. The molecule has 0 amide bonds. The minimum atomic E-state index is 0.454. The van der Waals surface area contributed by atoms with Gasteiger partial charge in [-0.1, -0.05) is 17.7 Å². The van der Waals surface area contributed by atoms with E-state index in [1.807, 2.05) is 6.07 Å². The van der Waals surface area contributed by atoms with E-state index < -0.39 is 0 Å². The Morgan fingerprint density at radius 1 is 1.44 bits per heavy atom. The SMILES string of the molecule is Cc1c(Cl)ccc2c(Br)c(C3CCCN3)n(C)c12. The van der Waals surface area contributed by atoms with Crippen LogP contribution in [0.2, 0.25) is 5.02 Å². The third kappa shape index (κ3) is 1.72. The maximum Gasteiger partial charge on any atom is 0.0536 e. The summed E-state index contributed by atoms with van der Waals surface area (Å²) in [5, 5.41) is 5.65. The summed E-state index contributed by atoms with van der Waals surface area (Å²) < 4.78 is 3.49. The number of nitrogens with zero attached hydrogens (tertiary/aromatic N) is 1. The van der Waals surface area contributed by atoms with Crippen LogP contribution >= 0.6 is 27.5 Å². The van der Waals surface area contributed by atoms with Crippen LogP contribution in [0.1, 0.15) is 30.1 Å². The Balaban J connectivity index is 2.30. The smallest absolute Gasteiger partial charge is 0.0536 e. The van der Waals surface area contributed by atoms with Gasteiger partial charge >= 0.3 is 0 Å². The van der Waals surface area contributed by atoms with Gasteiger partial charge in [-0.05, 0) is 53.9 Å². The first kappa shape index (κ1) is 12.5. The molecule has 18 heavy (non-hydrogen) atoms. The molecule has 1 atom stereocenters. The quantitative estimate of drug-likeness (QED) is 0.825. The lowest BCUT2D eigenvalue weighted by molar-refractivity contribution is 0.601. The Bertz CT molecular complexity index is 612. The molecule has 4 heteroatoms. The maximum atomic E-state index is 6.24. The van der Waals surface area contributed by atoms with E-state index in [-0.39, 0.29) is 0 Å². The highest BCUT2D eigenvalue weighted by Gasteiger charge is 2.25. The average molecular weight is 328 g/mol. The highest BCUT2D eigenvalue weighted by Crippen LogP contribution is 2.39. The lowest BCUT2D eigenvalue weighted by atomic mass is 10.1. The summed E-state index contributed by atoms with van der Waals surface area (Å²) in [4.78, 5) is 0. The highest BCUT2D eigenvalue weighted by molar-refractivity contribution is 9.10. The van der Waals surface area contributed by atoms with Crippen molar-refractivity contribution in [1.82, 2.24) is 9.88 Å². The fraction of sp³-hybridized carbons (Fsp3) is 0.429. The summed E-state index contributed by atoms with van der Waals surface area (Å²) in [6.45, 7) is 3.20. The molecule has 2 nitrogen and oxygen atoms in total. The summed E-state index contributed by atoms with van der Waals surface area (Å²) in [5.41, 5.74) is 3.73. The third-order valence-corrected chi connectivity index (χ3v) is 5.16. The Hall–Kier alpha value is -0.510. The molecule has 0 spiro atoms. The lowest BCUT2D eigenvalue weighted by Crippen LogP contribution is -2.16. The Kier molecular flexibility index (Phi) is 3.16. The van der Waals surface area contributed by atoms with E-state index in [1.54, 1.807) is 0 Å². The summed E-state index contributed by atoms with van der Waals surface area (Å²) in [6, 6.07) is 4.54. The van der Waals surface area contributed by atoms with E-state index >= 15 is 0 Å². The van der Waals surface area contributed by atoms with Gasteiger partial charge in [0.05, 0.1) is 5.52 Å². The molecule has 0 saturated carbocycles. The summed E-state index contributed by atoms with van der Waals surface area (Å²) in [6.07, 6.45) is 2.45. The minimum absolute atomic E-state index is 0.454. The number of aryl methyl sites for hydroxylation is 2. The third-order valence-electron chi connectivity index (χ3n) is 3.91. The minimum Gasteiger partial charge on any atom is -0.345 e. The van der Waals surface area contributed by atoms with Gasteiger partial charge in [0, 0.05) is 33.7 Å². The number of hydrogen-bond donors (Lipinski definition) is 1. The summed E-state index contributed by atoms with van der Waals surface area (Å²) in [7, 11) is 2.13. The van der Waals surface area contributed by atoms with Crippen LogP contribution in [0.4, 0.5) is 0 Å². The molecule has 3 rings (SSSR count). The van der Waals surface area contributed by atoms with E-state index in [4.69, 9.17) is 11.6 Å². The number of nitrogens with one attached hydrogen (secondary N) is 1. The molecule has 0 bridgehead atoms. The largest absolute Gasteiger partial charge is 0.345 e. The zero-order valence-electron chi connectivity index (χ0n) is 10.6. The van der Waals surface area contributed by atoms with Crippen molar-refractivity contribution in [3.63, 3.8) is 0 Å². The summed E-state index contributed by atoms with van der Waals surface area (Å²) in [5.74, 6) is 0. The molecule has 1 aliphatic rings. The van der Waals surface area contributed by atoms with Crippen LogP contribution in [0, 0.1) is 6.92 Å². The van der Waals surface area contributed by atoms with Gasteiger partial charge in [0.1, 0.15) is 0 Å². The molecule has 0 radical (unpaired) electrons. The molecule has 1 aromatic carbocycles. The number of fused-ring (bicyclic) bond motifs is 1. The first-order valence-corrected chi connectivity index (χ1v) is 7.44. The van der Waals surface area contributed by atoms with Gasteiger partial charge in [0.15, 0.2) is 0 Å². The van der Waals surface area contributed by atoms with Crippen molar-refractivity contribution < 1.29 is 0 Å². The maximum absolute atomic E-state index is 6.24. The Morgan fingerprint density at radius 2 is 2.22 bits per heavy atom. The molecular weight excluding hydrogens is 312 g/mol. The van der Waals surface area contributed by atoms with Crippen molar-refractivity contribution in [3.8, 4) is 0 Å². The molecule has 2 heterocycles. The van der Waals surface area contributed by atoms with Gasteiger partial charge in [0.2, 0.25) is 0 Å². The summed E-state index contributed by atoms with van der Waals surface area (Å²) >= 11 is 10.0. The standard InChI is InChI=1S/C14H16BrClN2/c1-8-10(16)6-5-9-12(15)14(18(2)13(8)9)11-4-3-7-17-11/h5-6,11,17H,3-4,7H2,1-2H3. The van der Waals surface area contributed by atoms with Crippen LogP contribution in [0.15, 0.2) is 16.6 Å². The molecule has 0 aliphatic carbocycles. The molecule has 1 fully saturated rings. The second-order valence-electron chi connectivity index (χ2n) is 4.98. The van der Waals surface area contributed by atoms with Crippen molar-refractivity contribution in [2.75, 3.05) is 6.54 Å². The van der Waals surface area contributed by atoms with Gasteiger partial charge in [-0.25, -0.2) is 0 Å². The molecule has 1 aromatic heterocycles. The normalized spacial score (nSPS) is 19.9. The number of hydrogen-bond acceptors (Lipinski definition) is 1. The fourth-order valence-electron chi connectivity index (χ4n) is 3.00. The zero-order valence-corrected chi connectivity index (χ0v) is 12.9. The molecule has 1 N–H and O–H groups in total. The van der Waals surface area contributed by atoms with Gasteiger partial charge in [-0.2, -0.15) is 0 Å².